The van der Waals surface area contributed by atoms with Gasteiger partial charge in [-0.1, -0.05) is 12.1 Å². The molecule has 1 saturated carbocycles. The summed E-state index contributed by atoms with van der Waals surface area (Å²) in [4.78, 5) is 13.0. The molecule has 1 aromatic carbocycles. The number of alkyl halides is 2. The number of carbonyl (C=O) groups is 1. The van der Waals surface area contributed by atoms with Gasteiger partial charge in [-0.3, -0.25) is 4.79 Å². The van der Waals surface area contributed by atoms with Crippen LogP contribution >= 0.6 is 0 Å². The molecule has 5 heteroatoms. The Morgan fingerprint density at radius 2 is 1.92 bits per heavy atom. The Morgan fingerprint density at radius 3 is 2.60 bits per heavy atom. The smallest absolute Gasteiger partial charge is 0.248 e. The summed E-state index contributed by atoms with van der Waals surface area (Å²) in [6, 6.07) is 6.14. The Labute approximate surface area is 149 Å². The molecule has 0 atom stereocenters. The normalized spacial score (nSPS) is 17.3. The second-order valence-corrected chi connectivity index (χ2v) is 7.11. The van der Waals surface area contributed by atoms with Gasteiger partial charge in [0.1, 0.15) is 5.75 Å². The van der Waals surface area contributed by atoms with Crippen molar-refractivity contribution in [2.75, 3.05) is 13.2 Å². The van der Waals surface area contributed by atoms with Gasteiger partial charge >= 0.3 is 0 Å². The first-order chi connectivity index (χ1) is 11.9. The third-order valence-corrected chi connectivity index (χ3v) is 4.95. The zero-order valence-electron chi connectivity index (χ0n) is 15.3. The van der Waals surface area contributed by atoms with Gasteiger partial charge in [-0.15, -0.1) is 0 Å². The van der Waals surface area contributed by atoms with Crippen molar-refractivity contribution < 1.29 is 18.3 Å². The molecule has 0 bridgehead atoms. The number of benzene rings is 1. The van der Waals surface area contributed by atoms with Gasteiger partial charge in [-0.2, -0.15) is 0 Å². The largest absolute Gasteiger partial charge is 0.493 e. The van der Waals surface area contributed by atoms with Crippen LogP contribution in [0.1, 0.15) is 56.1 Å². The van der Waals surface area contributed by atoms with E-state index in [2.05, 4.69) is 12.1 Å². The number of hydrogen-bond donors (Lipinski definition) is 0. The fourth-order valence-corrected chi connectivity index (χ4v) is 3.30. The quantitative estimate of drug-likeness (QED) is 0.467. The molecule has 25 heavy (non-hydrogen) atoms. The van der Waals surface area contributed by atoms with Crippen LogP contribution in [-0.2, 0) is 4.79 Å². The van der Waals surface area contributed by atoms with Gasteiger partial charge in [-0.05, 0) is 63.1 Å². The summed E-state index contributed by atoms with van der Waals surface area (Å²) in [5.41, 5.74) is 2.31. The zero-order valence-corrected chi connectivity index (χ0v) is 15.3. The molecule has 0 radical (unpaired) electrons. The molecule has 0 unspecified atom stereocenters. The Bertz CT molecular complexity index is 553. The standard InChI is InChI=1S/C20H29F2NO2/c1-16-6-7-17(2)19(14-16)25-13-5-3-4-12-23(15-24)18-8-10-20(21,22)11-9-18/h6-7,14-15,18H,3-5,8-13H2,1-2H3. The lowest BCUT2D eigenvalue weighted by Gasteiger charge is -2.34. The number of carbonyl (C=O) groups excluding carboxylic acids is 1. The summed E-state index contributed by atoms with van der Waals surface area (Å²) >= 11 is 0. The molecule has 0 aromatic heterocycles. The topological polar surface area (TPSA) is 29.5 Å². The molecule has 2 rings (SSSR count). The molecule has 0 N–H and O–H groups in total. The van der Waals surface area contributed by atoms with E-state index in [0.29, 0.717) is 26.0 Å². The number of hydrogen-bond acceptors (Lipinski definition) is 2. The molecule has 0 saturated heterocycles. The van der Waals surface area contributed by atoms with E-state index in [1.54, 1.807) is 4.90 Å². The molecule has 1 aromatic rings. The molecule has 140 valence electrons. The predicted octanol–water partition coefficient (Wildman–Crippen LogP) is 4.89. The van der Waals surface area contributed by atoms with Gasteiger partial charge in [0.2, 0.25) is 12.3 Å². The number of ether oxygens (including phenoxy) is 1. The number of unbranched alkanes of at least 4 members (excludes halogenated alkanes) is 2. The summed E-state index contributed by atoms with van der Waals surface area (Å²) in [5, 5.41) is 0. The number of nitrogens with zero attached hydrogens (tertiary/aromatic N) is 1. The Hall–Kier alpha value is -1.65. The van der Waals surface area contributed by atoms with Crippen LogP contribution in [0, 0.1) is 13.8 Å². The van der Waals surface area contributed by atoms with Gasteiger partial charge in [-0.25, -0.2) is 8.78 Å². The number of aryl methyl sites for hydroxylation is 2. The van der Waals surface area contributed by atoms with Crippen molar-refractivity contribution in [2.45, 2.75) is 70.8 Å². The first kappa shape index (κ1) is 19.7. The lowest BCUT2D eigenvalue weighted by molar-refractivity contribution is -0.123. The first-order valence-electron chi connectivity index (χ1n) is 9.20. The molecule has 1 aliphatic rings. The number of rotatable bonds is 9. The van der Waals surface area contributed by atoms with Crippen LogP contribution in [0.3, 0.4) is 0 Å². The lowest BCUT2D eigenvalue weighted by atomic mass is 9.91. The van der Waals surface area contributed by atoms with Gasteiger partial charge < -0.3 is 9.64 Å². The number of amides is 1. The SMILES string of the molecule is Cc1ccc(C)c(OCCCCCN(C=O)C2CCC(F)(F)CC2)c1. The van der Waals surface area contributed by atoms with E-state index in [9.17, 15) is 13.6 Å². The molecule has 0 spiro atoms. The van der Waals surface area contributed by atoms with Gasteiger partial charge in [0, 0.05) is 25.4 Å². The Kier molecular flexibility index (Phi) is 7.21. The monoisotopic (exact) mass is 353 g/mol. The third-order valence-electron chi connectivity index (χ3n) is 4.95. The molecule has 1 aliphatic carbocycles. The van der Waals surface area contributed by atoms with Crippen molar-refractivity contribution >= 4 is 6.41 Å². The molecule has 0 aliphatic heterocycles. The first-order valence-corrected chi connectivity index (χ1v) is 9.20. The molecule has 3 nitrogen and oxygen atoms in total. The van der Waals surface area contributed by atoms with E-state index >= 15 is 0 Å². The second-order valence-electron chi connectivity index (χ2n) is 7.11. The van der Waals surface area contributed by atoms with E-state index < -0.39 is 5.92 Å². The van der Waals surface area contributed by atoms with Crippen molar-refractivity contribution in [1.29, 1.82) is 0 Å². The van der Waals surface area contributed by atoms with E-state index in [1.165, 1.54) is 5.56 Å². The van der Waals surface area contributed by atoms with Crippen LogP contribution in [0.5, 0.6) is 5.75 Å². The molecule has 1 amide bonds. The van der Waals surface area contributed by atoms with Crippen LogP contribution < -0.4 is 4.74 Å². The maximum absolute atomic E-state index is 13.2. The maximum atomic E-state index is 13.2. The van der Waals surface area contributed by atoms with Crippen LogP contribution in [0.15, 0.2) is 18.2 Å². The molecular weight excluding hydrogens is 324 g/mol. The lowest BCUT2D eigenvalue weighted by Crippen LogP contribution is -2.40. The predicted molar refractivity (Wildman–Crippen MR) is 95.2 cm³/mol. The van der Waals surface area contributed by atoms with E-state index in [0.717, 1.165) is 37.0 Å². The zero-order chi connectivity index (χ0) is 18.3. The van der Waals surface area contributed by atoms with Crippen molar-refractivity contribution in [3.05, 3.63) is 29.3 Å². The minimum absolute atomic E-state index is 0.0247. The minimum atomic E-state index is -2.55. The average Bonchev–Trinajstić information content (AvgIpc) is 2.58. The van der Waals surface area contributed by atoms with Crippen LogP contribution in [0.2, 0.25) is 0 Å². The second kappa shape index (κ2) is 9.16. The van der Waals surface area contributed by atoms with Crippen LogP contribution in [-0.4, -0.2) is 36.4 Å². The molecular formula is C20H29F2NO2. The average molecular weight is 353 g/mol. The highest BCUT2D eigenvalue weighted by Crippen LogP contribution is 2.34. The van der Waals surface area contributed by atoms with Gasteiger partial charge in [0.05, 0.1) is 6.61 Å². The van der Waals surface area contributed by atoms with Crippen molar-refractivity contribution in [3.63, 3.8) is 0 Å². The van der Waals surface area contributed by atoms with Crippen molar-refractivity contribution in [3.8, 4) is 5.75 Å². The minimum Gasteiger partial charge on any atom is -0.493 e. The van der Waals surface area contributed by atoms with Crippen molar-refractivity contribution in [2.24, 2.45) is 0 Å². The van der Waals surface area contributed by atoms with Crippen molar-refractivity contribution in [1.82, 2.24) is 4.90 Å². The fourth-order valence-electron chi connectivity index (χ4n) is 3.30. The van der Waals surface area contributed by atoms with E-state index in [-0.39, 0.29) is 18.9 Å². The van der Waals surface area contributed by atoms with Crippen LogP contribution in [0.25, 0.3) is 0 Å². The molecule has 1 fully saturated rings. The molecule has 0 heterocycles. The highest BCUT2D eigenvalue weighted by molar-refractivity contribution is 5.47. The summed E-state index contributed by atoms with van der Waals surface area (Å²) in [7, 11) is 0. The summed E-state index contributed by atoms with van der Waals surface area (Å²) in [5.74, 6) is -1.62. The summed E-state index contributed by atoms with van der Waals surface area (Å²) in [6.07, 6.45) is 4.17. The van der Waals surface area contributed by atoms with E-state index in [1.807, 2.05) is 19.9 Å². The Balaban J connectivity index is 1.63. The summed E-state index contributed by atoms with van der Waals surface area (Å²) in [6.45, 7) is 5.37. The maximum Gasteiger partial charge on any atom is 0.248 e. The van der Waals surface area contributed by atoms with Gasteiger partial charge in [0.25, 0.3) is 0 Å². The summed E-state index contributed by atoms with van der Waals surface area (Å²) < 4.78 is 32.2. The van der Waals surface area contributed by atoms with E-state index in [4.69, 9.17) is 4.74 Å². The third kappa shape index (κ3) is 6.29. The van der Waals surface area contributed by atoms with Crippen LogP contribution in [0.4, 0.5) is 8.78 Å². The highest BCUT2D eigenvalue weighted by atomic mass is 19.3. The van der Waals surface area contributed by atoms with Gasteiger partial charge in [0.15, 0.2) is 0 Å². The highest BCUT2D eigenvalue weighted by Gasteiger charge is 2.36. The fraction of sp³-hybridized carbons (Fsp3) is 0.650. The Morgan fingerprint density at radius 1 is 1.20 bits per heavy atom. The number of halogens is 2.